The zero-order valence-electron chi connectivity index (χ0n) is 42.7. The number of anilines is 4. The van der Waals surface area contributed by atoms with E-state index in [2.05, 4.69) is 252 Å². The van der Waals surface area contributed by atoms with Gasteiger partial charge in [0.1, 0.15) is 5.82 Å². The largest absolute Gasteiger partial charge is 0.509 e. The summed E-state index contributed by atoms with van der Waals surface area (Å²) in [5.41, 5.74) is 14.5. The number of rotatable bonds is 6. The van der Waals surface area contributed by atoms with Crippen LogP contribution in [-0.4, -0.2) is 9.55 Å². The molecule has 6 heteroatoms. The van der Waals surface area contributed by atoms with Crippen LogP contribution in [-0.2, 0) is 48.1 Å². The zero-order chi connectivity index (χ0) is 48.0. The molecule has 0 fully saturated rings. The van der Waals surface area contributed by atoms with Crippen LogP contribution in [0.25, 0.3) is 38.8 Å². The van der Waals surface area contributed by atoms with Crippen molar-refractivity contribution in [3.8, 4) is 28.4 Å². The maximum absolute atomic E-state index is 6.96. The topological polar surface area (TPSA) is 33.5 Å². The molecule has 0 bridgehead atoms. The van der Waals surface area contributed by atoms with Crippen LogP contribution in [0.1, 0.15) is 132 Å². The van der Waals surface area contributed by atoms with Crippen molar-refractivity contribution in [2.24, 2.45) is 0 Å². The molecule has 354 valence electrons. The van der Waals surface area contributed by atoms with Crippen LogP contribution in [0.5, 0.6) is 11.5 Å². The summed E-state index contributed by atoms with van der Waals surface area (Å²) in [4.78, 5) is 9.60. The second-order valence-corrected chi connectivity index (χ2v) is 23.7. The molecule has 1 aliphatic heterocycles. The summed E-state index contributed by atoms with van der Waals surface area (Å²) in [6.07, 6.45) is 1.94. The summed E-state index contributed by atoms with van der Waals surface area (Å²) in [5.74, 6) is 2.11. The monoisotopic (exact) mass is 1080 g/mol. The number of pyridine rings is 1. The van der Waals surface area contributed by atoms with Crippen molar-refractivity contribution < 1.29 is 25.8 Å². The molecule has 68 heavy (non-hydrogen) atoms. The predicted molar refractivity (Wildman–Crippen MR) is 283 cm³/mol. The molecular formula is C62H67N4OPt-3. The first-order chi connectivity index (χ1) is 31.3. The first kappa shape index (κ1) is 48.8. The van der Waals surface area contributed by atoms with Crippen LogP contribution in [0.3, 0.4) is 0 Å². The van der Waals surface area contributed by atoms with Gasteiger partial charge in [-0.05, 0) is 108 Å². The number of fused-ring (bicyclic) bond motifs is 4. The molecule has 9 rings (SSSR count). The molecule has 0 amide bonds. The van der Waals surface area contributed by atoms with Crippen LogP contribution in [0, 0.1) is 18.8 Å². The van der Waals surface area contributed by atoms with Crippen LogP contribution in [0.2, 0.25) is 0 Å². The number of aromatic nitrogens is 2. The molecule has 1 aliphatic rings. The van der Waals surface area contributed by atoms with E-state index in [1.807, 2.05) is 12.3 Å². The van der Waals surface area contributed by atoms with E-state index < -0.39 is 0 Å². The average molecular weight is 1080 g/mol. The van der Waals surface area contributed by atoms with E-state index in [1.54, 1.807) is 0 Å². The smallest absolute Gasteiger partial charge is 0.135 e. The summed E-state index contributed by atoms with van der Waals surface area (Å²) in [6.45, 7) is 36.3. The molecule has 0 N–H and O–H groups in total. The SMILES string of the molecule is CC(C)(C)c1cc(-c2ccccc2)cc(N2[CH-]N(c3[c-]c(Oc4[c-]c5c(c(C(C)(C)C)c4)c4cc(C(C)(C)C)ccc4n5-c4cc(C(C)(C)C)ccn4)ccc3)c3cc(C(C)(C)C)ccc32)c1.[Pt]. The number of ether oxygens (including phenoxy) is 1. The molecule has 6 aromatic carbocycles. The first-order valence-corrected chi connectivity index (χ1v) is 23.9. The van der Waals surface area contributed by atoms with Crippen LogP contribution < -0.4 is 14.5 Å². The van der Waals surface area contributed by atoms with Gasteiger partial charge in [-0.1, -0.05) is 169 Å². The minimum atomic E-state index is -0.221. The third-order valence-corrected chi connectivity index (χ3v) is 13.3. The standard InChI is InChI=1S/C62H67N4O.Pt/c1-58(2,3)42-24-26-52-50(33-42)57-51(62(13,14)15)37-49(38-55(57)66(52)56-35-44(28-29-63-56)60(7,8)9)67-48-23-19-22-46(36-48)64-39-65(53-27-25-43(34-54(53)64)59(4,5)6)47-31-41(40-20-17-16-18-21-40)30-45(32-47)61(10,11)12;/h16-35,37,39H,1-15H3;/q-3;. The van der Waals surface area contributed by atoms with Gasteiger partial charge < -0.3 is 19.1 Å². The fraction of sp³-hybridized carbons (Fsp3) is 0.323. The van der Waals surface area contributed by atoms with Crippen LogP contribution in [0.4, 0.5) is 22.7 Å². The van der Waals surface area contributed by atoms with Crippen LogP contribution in [0.15, 0.2) is 128 Å². The maximum Gasteiger partial charge on any atom is 0.135 e. The second kappa shape index (κ2) is 17.4. The minimum absolute atomic E-state index is 0. The van der Waals surface area contributed by atoms with Gasteiger partial charge in [-0.2, -0.15) is 6.07 Å². The molecule has 5 nitrogen and oxygen atoms in total. The van der Waals surface area contributed by atoms with Crippen molar-refractivity contribution in [3.05, 3.63) is 174 Å². The Hall–Kier alpha value is -5.64. The van der Waals surface area contributed by atoms with Gasteiger partial charge >= 0.3 is 0 Å². The Morgan fingerprint density at radius 2 is 1.15 bits per heavy atom. The summed E-state index contributed by atoms with van der Waals surface area (Å²) in [5, 5.41) is 2.36. The Bertz CT molecular complexity index is 3160. The Labute approximate surface area is 420 Å². The second-order valence-electron chi connectivity index (χ2n) is 23.7. The third kappa shape index (κ3) is 9.41. The van der Waals surface area contributed by atoms with Crippen molar-refractivity contribution in [2.45, 2.75) is 131 Å². The van der Waals surface area contributed by atoms with Crippen molar-refractivity contribution in [1.29, 1.82) is 0 Å². The maximum atomic E-state index is 6.96. The fourth-order valence-corrected chi connectivity index (χ4v) is 9.16. The van der Waals surface area contributed by atoms with Gasteiger partial charge in [-0.3, -0.25) is 0 Å². The fourth-order valence-electron chi connectivity index (χ4n) is 9.16. The molecule has 8 aromatic rings. The summed E-state index contributed by atoms with van der Waals surface area (Å²) < 4.78 is 9.24. The molecule has 0 spiro atoms. The molecule has 2 aromatic heterocycles. The number of benzene rings is 6. The molecule has 0 saturated heterocycles. The van der Waals surface area contributed by atoms with Crippen molar-refractivity contribution in [3.63, 3.8) is 0 Å². The normalized spacial score (nSPS) is 13.6. The van der Waals surface area contributed by atoms with Gasteiger partial charge in [0, 0.05) is 61.3 Å². The minimum Gasteiger partial charge on any atom is -0.509 e. The molecule has 3 heterocycles. The van der Waals surface area contributed by atoms with E-state index in [-0.39, 0.29) is 48.1 Å². The molecule has 0 aliphatic carbocycles. The Morgan fingerprint density at radius 3 is 1.81 bits per heavy atom. The summed E-state index contributed by atoms with van der Waals surface area (Å²) in [7, 11) is 0. The quantitative estimate of drug-likeness (QED) is 0.155. The van der Waals surface area contributed by atoms with Crippen molar-refractivity contribution in [1.82, 2.24) is 9.55 Å². The van der Waals surface area contributed by atoms with Gasteiger partial charge in [0.2, 0.25) is 0 Å². The van der Waals surface area contributed by atoms with E-state index in [1.165, 1.54) is 49.7 Å². The summed E-state index contributed by atoms with van der Waals surface area (Å²) in [6, 6.07) is 51.7. The van der Waals surface area contributed by atoms with E-state index in [0.29, 0.717) is 11.5 Å². The molecule has 0 saturated carbocycles. The predicted octanol–water partition coefficient (Wildman–Crippen LogP) is 17.1. The van der Waals surface area contributed by atoms with Gasteiger partial charge in [0.05, 0.1) is 0 Å². The van der Waals surface area contributed by atoms with Gasteiger partial charge in [-0.25, -0.2) is 4.98 Å². The number of hydrogen-bond donors (Lipinski definition) is 0. The zero-order valence-corrected chi connectivity index (χ0v) is 45.0. The van der Waals surface area contributed by atoms with Crippen molar-refractivity contribution >= 4 is 44.6 Å². The molecule has 0 atom stereocenters. The Balaban J connectivity index is 0.00000625. The van der Waals surface area contributed by atoms with E-state index in [9.17, 15) is 0 Å². The summed E-state index contributed by atoms with van der Waals surface area (Å²) >= 11 is 0. The van der Waals surface area contributed by atoms with E-state index >= 15 is 0 Å². The van der Waals surface area contributed by atoms with Crippen molar-refractivity contribution in [2.75, 3.05) is 9.80 Å². The molecule has 0 unspecified atom stereocenters. The van der Waals surface area contributed by atoms with Gasteiger partial charge in [0.15, 0.2) is 0 Å². The van der Waals surface area contributed by atoms with Gasteiger partial charge in [0.25, 0.3) is 0 Å². The number of nitrogens with zero attached hydrogens (tertiary/aromatic N) is 4. The first-order valence-electron chi connectivity index (χ1n) is 23.9. The van der Waals surface area contributed by atoms with Crippen LogP contribution >= 0.6 is 0 Å². The van der Waals surface area contributed by atoms with Gasteiger partial charge in [-0.15, -0.1) is 48.3 Å². The third-order valence-electron chi connectivity index (χ3n) is 13.3. The average Bonchev–Trinajstić information content (AvgIpc) is 3.80. The molecular weight excluding hydrogens is 1010 g/mol. The molecule has 0 radical (unpaired) electrons. The van der Waals surface area contributed by atoms with E-state index in [0.717, 1.165) is 39.6 Å². The Morgan fingerprint density at radius 1 is 0.500 bits per heavy atom. The van der Waals surface area contributed by atoms with E-state index in [4.69, 9.17) is 9.72 Å². The Kier molecular flexibility index (Phi) is 12.5. The number of hydrogen-bond acceptors (Lipinski definition) is 4.